The van der Waals surface area contributed by atoms with Gasteiger partial charge in [0, 0.05) is 64.9 Å². The number of nitrogens with one attached hydrogen (secondary N) is 2. The monoisotopic (exact) mass is 947 g/mol. The van der Waals surface area contributed by atoms with Crippen LogP contribution in [0, 0.1) is 0 Å². The highest BCUT2D eigenvalue weighted by Gasteiger charge is 2.19. The summed E-state index contributed by atoms with van der Waals surface area (Å²) < 4.78 is 68.5. The predicted octanol–water partition coefficient (Wildman–Crippen LogP) is 12.2. The first-order chi connectivity index (χ1) is 31.7. The molecule has 7 rings (SSSR count). The van der Waals surface area contributed by atoms with E-state index in [1.165, 1.54) is 36.0 Å². The van der Waals surface area contributed by atoms with E-state index < -0.39 is 20.2 Å². The number of hydrogen-bond acceptors (Lipinski definition) is 16. The molecule has 17 nitrogen and oxygen atoms in total. The minimum Gasteiger partial charge on any atom is -0.372 e. The van der Waals surface area contributed by atoms with Gasteiger partial charge in [0.15, 0.2) is 5.16 Å². The molecule has 0 bridgehead atoms. The van der Waals surface area contributed by atoms with Gasteiger partial charge < -0.3 is 20.4 Å². The first-order valence-corrected chi connectivity index (χ1v) is 25.1. The van der Waals surface area contributed by atoms with Crippen molar-refractivity contribution in [1.29, 1.82) is 0 Å². The Morgan fingerprint density at radius 2 is 0.894 bits per heavy atom. The molecule has 342 valence electrons. The second-order valence-electron chi connectivity index (χ2n) is 14.7. The third-order valence-corrected chi connectivity index (χ3v) is 13.4. The van der Waals surface area contributed by atoms with Gasteiger partial charge in [-0.05, 0) is 94.8 Å². The number of aromatic nitrogens is 3. The number of fused-ring (bicyclic) bond motifs is 2. The van der Waals surface area contributed by atoms with E-state index >= 15 is 0 Å². The largest absolute Gasteiger partial charge is 0.372 e. The first kappa shape index (κ1) is 47.4. The number of nitrogens with zero attached hydrogens (tertiary/aromatic N) is 9. The second-order valence-corrected chi connectivity index (χ2v) is 18.6. The highest BCUT2D eigenvalue weighted by Crippen LogP contribution is 2.39. The molecule has 1 aromatic heterocycles. The summed E-state index contributed by atoms with van der Waals surface area (Å²) in [6.07, 6.45) is 0.870. The number of rotatable bonds is 19. The van der Waals surface area contributed by atoms with Gasteiger partial charge in [0.1, 0.15) is 21.2 Å². The third kappa shape index (κ3) is 10.9. The highest BCUT2D eigenvalue weighted by atomic mass is 32.2. The lowest BCUT2D eigenvalue weighted by molar-refractivity contribution is 0.482. The Labute approximate surface area is 388 Å². The number of thioether (sulfide) groups is 1. The van der Waals surface area contributed by atoms with Crippen molar-refractivity contribution < 1.29 is 25.9 Å². The SMILES string of the molecule is CCCSc1nc(Nc2cc(N(CC)CC)ccc2/N=N/c2ccc(S(=O)(=O)O)c3ccccc23)nc(Nc2cc(N(CC)CC)ccc2/N=N/c2ccc(S(=O)(=O)O)c3ccccc23)n1. The molecule has 0 unspecified atom stereocenters. The van der Waals surface area contributed by atoms with Crippen LogP contribution < -0.4 is 20.4 Å². The minimum absolute atomic E-state index is 0.218. The van der Waals surface area contributed by atoms with Gasteiger partial charge in [-0.3, -0.25) is 9.11 Å². The van der Waals surface area contributed by atoms with E-state index in [-0.39, 0.29) is 21.7 Å². The molecule has 4 N–H and O–H groups in total. The Kier molecular flexibility index (Phi) is 14.9. The highest BCUT2D eigenvalue weighted by molar-refractivity contribution is 7.99. The molecule has 0 radical (unpaired) electrons. The molecule has 7 aromatic rings. The van der Waals surface area contributed by atoms with E-state index in [1.54, 1.807) is 48.5 Å². The number of azo groups is 2. The van der Waals surface area contributed by atoms with Crippen LogP contribution in [-0.4, -0.2) is 72.8 Å². The van der Waals surface area contributed by atoms with Crippen LogP contribution in [0.5, 0.6) is 0 Å². The molecule has 66 heavy (non-hydrogen) atoms. The van der Waals surface area contributed by atoms with Crippen LogP contribution in [-0.2, 0) is 20.2 Å². The van der Waals surface area contributed by atoms with Gasteiger partial charge in [0.05, 0.1) is 22.7 Å². The third-order valence-electron chi connectivity index (χ3n) is 10.6. The first-order valence-electron chi connectivity index (χ1n) is 21.3. The molecule has 0 saturated heterocycles. The molecular weight excluding hydrogens is 899 g/mol. The summed E-state index contributed by atoms with van der Waals surface area (Å²) in [7, 11) is -8.99. The van der Waals surface area contributed by atoms with Gasteiger partial charge in [0.2, 0.25) is 11.9 Å². The minimum atomic E-state index is -4.49. The summed E-state index contributed by atoms with van der Waals surface area (Å²) in [4.78, 5) is 18.3. The molecule has 0 aliphatic carbocycles. The van der Waals surface area contributed by atoms with Gasteiger partial charge in [-0.15, -0.1) is 20.5 Å². The van der Waals surface area contributed by atoms with Gasteiger partial charge >= 0.3 is 0 Å². The predicted molar refractivity (Wildman–Crippen MR) is 263 cm³/mol. The van der Waals surface area contributed by atoms with E-state index in [9.17, 15) is 25.9 Å². The van der Waals surface area contributed by atoms with Crippen LogP contribution in [0.15, 0.2) is 145 Å². The van der Waals surface area contributed by atoms with Crippen molar-refractivity contribution in [2.75, 3.05) is 52.4 Å². The fraction of sp³-hybridized carbons (Fsp3) is 0.239. The van der Waals surface area contributed by atoms with Crippen molar-refractivity contribution in [2.24, 2.45) is 20.5 Å². The van der Waals surface area contributed by atoms with Gasteiger partial charge in [-0.25, -0.2) is 0 Å². The van der Waals surface area contributed by atoms with Crippen molar-refractivity contribution in [3.63, 3.8) is 0 Å². The van der Waals surface area contributed by atoms with Crippen molar-refractivity contribution in [2.45, 2.75) is 56.0 Å². The Bertz CT molecular complexity index is 2980. The molecule has 1 heterocycles. The average Bonchev–Trinajstić information content (AvgIpc) is 3.30. The molecule has 0 aliphatic rings. The topological polar surface area (TPSA) is 227 Å². The zero-order valence-electron chi connectivity index (χ0n) is 36.9. The van der Waals surface area contributed by atoms with Crippen molar-refractivity contribution >= 4 is 111 Å². The fourth-order valence-electron chi connectivity index (χ4n) is 7.31. The molecule has 0 saturated carbocycles. The zero-order chi connectivity index (χ0) is 47.0. The van der Waals surface area contributed by atoms with Crippen molar-refractivity contribution in [3.05, 3.63) is 109 Å². The Hall–Kier alpha value is -6.58. The summed E-state index contributed by atoms with van der Waals surface area (Å²) >= 11 is 1.47. The normalized spacial score (nSPS) is 12.1. The molecule has 0 aliphatic heterocycles. The standard InChI is InChI=1S/C46H49N11O6S3/c1-6-27-64-46-50-44(47-40-28-30(56(7-2)8-3)19-21-38(40)54-52-36-23-25-42(65(58,59)60)34-17-13-11-15-32(34)36)49-45(51-46)48-41-29-31(57(9-4)10-5)20-22-39(41)55-53-37-24-26-43(66(61,62)63)35-18-14-12-16-33(35)37/h11-26,28-29H,6-10,27H2,1-5H3,(H,58,59,60)(H,61,62,63)(H2,47,48,49,50,51)/b54-52+,55-53+. The number of benzene rings is 6. The molecule has 0 fully saturated rings. The van der Waals surface area contributed by atoms with Crippen LogP contribution in [0.3, 0.4) is 0 Å². The zero-order valence-corrected chi connectivity index (χ0v) is 39.4. The Morgan fingerprint density at radius 3 is 1.27 bits per heavy atom. The smallest absolute Gasteiger partial charge is 0.295 e. The molecule has 6 aromatic carbocycles. The van der Waals surface area contributed by atoms with Crippen LogP contribution >= 0.6 is 11.8 Å². The average molecular weight is 948 g/mol. The van der Waals surface area contributed by atoms with E-state index in [4.69, 9.17) is 15.0 Å². The Balaban J connectivity index is 1.30. The van der Waals surface area contributed by atoms with Crippen molar-refractivity contribution in [1.82, 2.24) is 15.0 Å². The maximum Gasteiger partial charge on any atom is 0.295 e. The quantitative estimate of drug-likeness (QED) is 0.0336. The van der Waals surface area contributed by atoms with Gasteiger partial charge in [-0.2, -0.15) is 31.8 Å². The number of anilines is 6. The summed E-state index contributed by atoms with van der Waals surface area (Å²) in [5.41, 5.74) is 4.58. The second kappa shape index (κ2) is 20.7. The summed E-state index contributed by atoms with van der Waals surface area (Å²) in [6, 6.07) is 30.5. The molecule has 20 heteroatoms. The maximum absolute atomic E-state index is 12.2. The van der Waals surface area contributed by atoms with E-state index in [0.29, 0.717) is 60.8 Å². The Morgan fingerprint density at radius 1 is 0.515 bits per heavy atom. The van der Waals surface area contributed by atoms with Gasteiger partial charge in [-0.1, -0.05) is 67.2 Å². The lowest BCUT2D eigenvalue weighted by Crippen LogP contribution is -2.21. The lowest BCUT2D eigenvalue weighted by atomic mass is 10.1. The molecule has 0 amide bonds. The molecular formula is C46H49N11O6S3. The van der Waals surface area contributed by atoms with Crippen molar-refractivity contribution in [3.8, 4) is 0 Å². The lowest BCUT2D eigenvalue weighted by Gasteiger charge is -2.22. The molecule has 0 atom stereocenters. The summed E-state index contributed by atoms with van der Waals surface area (Å²) in [5.74, 6) is 1.18. The van der Waals surface area contributed by atoms with Crippen LogP contribution in [0.25, 0.3) is 21.5 Å². The van der Waals surface area contributed by atoms with Gasteiger partial charge in [0.25, 0.3) is 20.2 Å². The van der Waals surface area contributed by atoms with E-state index in [2.05, 4.69) is 75.5 Å². The molecule has 0 spiro atoms. The van der Waals surface area contributed by atoms with Crippen LogP contribution in [0.1, 0.15) is 41.0 Å². The summed E-state index contributed by atoms with van der Waals surface area (Å²) in [5, 5.41) is 27.2. The van der Waals surface area contributed by atoms with E-state index in [1.807, 2.05) is 36.4 Å². The van der Waals surface area contributed by atoms with Crippen LogP contribution in [0.4, 0.5) is 57.4 Å². The number of hydrogen-bond donors (Lipinski definition) is 4. The maximum atomic E-state index is 12.2. The summed E-state index contributed by atoms with van der Waals surface area (Å²) in [6.45, 7) is 13.3. The van der Waals surface area contributed by atoms with E-state index in [0.717, 1.165) is 49.7 Å². The van der Waals surface area contributed by atoms with Crippen LogP contribution in [0.2, 0.25) is 0 Å². The fourth-order valence-corrected chi connectivity index (χ4v) is 9.39.